The summed E-state index contributed by atoms with van der Waals surface area (Å²) in [4.78, 5) is 0. The molecular formula is C20H20O. The van der Waals surface area contributed by atoms with Crippen LogP contribution in [0.4, 0.5) is 0 Å². The third-order valence-electron chi connectivity index (χ3n) is 4.41. The lowest BCUT2D eigenvalue weighted by Crippen LogP contribution is -2.36. The summed E-state index contributed by atoms with van der Waals surface area (Å²) < 4.78 is 0. The summed E-state index contributed by atoms with van der Waals surface area (Å²) in [6.07, 6.45) is 4.95. The lowest BCUT2D eigenvalue weighted by atomic mass is 9.68. The fraction of sp³-hybridized carbons (Fsp3) is 0.200. The van der Waals surface area contributed by atoms with E-state index in [2.05, 4.69) is 30.9 Å². The Morgan fingerprint density at radius 1 is 1.10 bits per heavy atom. The van der Waals surface area contributed by atoms with Gasteiger partial charge in [0.2, 0.25) is 0 Å². The third kappa shape index (κ3) is 2.14. The highest BCUT2D eigenvalue weighted by Gasteiger charge is 2.42. The second-order valence-corrected chi connectivity index (χ2v) is 5.56. The highest BCUT2D eigenvalue weighted by molar-refractivity contribution is 5.64. The molecule has 106 valence electrons. The third-order valence-corrected chi connectivity index (χ3v) is 4.41. The van der Waals surface area contributed by atoms with Crippen LogP contribution in [0.15, 0.2) is 72.8 Å². The molecule has 1 aliphatic carbocycles. The van der Waals surface area contributed by atoms with Crippen LogP contribution in [0, 0.1) is 0 Å². The van der Waals surface area contributed by atoms with Crippen LogP contribution < -0.4 is 0 Å². The topological polar surface area (TPSA) is 20.2 Å². The Balaban J connectivity index is 2.20. The molecule has 0 fully saturated rings. The maximum atomic E-state index is 11.6. The van der Waals surface area contributed by atoms with Crippen LogP contribution in [0.1, 0.15) is 36.0 Å². The van der Waals surface area contributed by atoms with E-state index in [1.807, 2.05) is 49.4 Å². The lowest BCUT2D eigenvalue weighted by Gasteiger charge is -2.40. The molecule has 0 radical (unpaired) electrons. The van der Waals surface area contributed by atoms with Gasteiger partial charge in [0.1, 0.15) is 5.60 Å². The molecule has 21 heavy (non-hydrogen) atoms. The Kier molecular flexibility index (Phi) is 3.52. The van der Waals surface area contributed by atoms with E-state index < -0.39 is 5.60 Å². The van der Waals surface area contributed by atoms with Gasteiger partial charge in [0.15, 0.2) is 0 Å². The Hall–Kier alpha value is -2.12. The monoisotopic (exact) mass is 276 g/mol. The lowest BCUT2D eigenvalue weighted by molar-refractivity contribution is 0.0566. The predicted molar refractivity (Wildman–Crippen MR) is 88.0 cm³/mol. The van der Waals surface area contributed by atoms with Gasteiger partial charge in [-0.1, -0.05) is 80.3 Å². The zero-order valence-electron chi connectivity index (χ0n) is 12.3. The molecule has 0 amide bonds. The number of fused-ring (bicyclic) bond motifs is 1. The molecule has 0 saturated carbocycles. The van der Waals surface area contributed by atoms with E-state index >= 15 is 0 Å². The normalized spacial score (nSPS) is 23.6. The van der Waals surface area contributed by atoms with Crippen LogP contribution in [0.3, 0.4) is 0 Å². The molecule has 1 nitrogen and oxygen atoms in total. The van der Waals surface area contributed by atoms with Crippen molar-refractivity contribution in [2.75, 3.05) is 0 Å². The van der Waals surface area contributed by atoms with Gasteiger partial charge in [-0.15, -0.1) is 0 Å². The smallest absolute Gasteiger partial charge is 0.121 e. The van der Waals surface area contributed by atoms with Gasteiger partial charge in [0.05, 0.1) is 0 Å². The minimum Gasteiger partial charge on any atom is -0.380 e. The predicted octanol–water partition coefficient (Wildman–Crippen LogP) is 4.65. The Morgan fingerprint density at radius 2 is 1.76 bits per heavy atom. The first-order valence-corrected chi connectivity index (χ1v) is 7.41. The van der Waals surface area contributed by atoms with Gasteiger partial charge in [-0.05, 0) is 28.7 Å². The van der Waals surface area contributed by atoms with Gasteiger partial charge in [-0.25, -0.2) is 0 Å². The van der Waals surface area contributed by atoms with Crippen molar-refractivity contribution in [2.24, 2.45) is 0 Å². The van der Waals surface area contributed by atoms with Crippen LogP contribution in [0.5, 0.6) is 0 Å². The van der Waals surface area contributed by atoms with Gasteiger partial charge in [-0.2, -0.15) is 0 Å². The number of aliphatic hydroxyl groups is 1. The molecule has 2 unspecified atom stereocenters. The number of hydrogen-bond donors (Lipinski definition) is 1. The number of hydrogen-bond acceptors (Lipinski definition) is 1. The van der Waals surface area contributed by atoms with Gasteiger partial charge in [-0.3, -0.25) is 0 Å². The van der Waals surface area contributed by atoms with Gasteiger partial charge >= 0.3 is 0 Å². The van der Waals surface area contributed by atoms with Crippen LogP contribution in [0.25, 0.3) is 6.08 Å². The molecule has 1 heteroatoms. The number of rotatable bonds is 3. The molecule has 2 aromatic rings. The second-order valence-electron chi connectivity index (χ2n) is 5.56. The largest absolute Gasteiger partial charge is 0.380 e. The molecule has 3 rings (SSSR count). The maximum absolute atomic E-state index is 11.6. The Morgan fingerprint density at radius 3 is 2.48 bits per heavy atom. The van der Waals surface area contributed by atoms with Crippen molar-refractivity contribution >= 4 is 6.08 Å². The van der Waals surface area contributed by atoms with Crippen molar-refractivity contribution in [2.45, 2.75) is 24.9 Å². The summed E-state index contributed by atoms with van der Waals surface area (Å²) in [6, 6.07) is 18.2. The van der Waals surface area contributed by atoms with Crippen molar-refractivity contribution in [3.63, 3.8) is 0 Å². The molecule has 0 saturated heterocycles. The average molecular weight is 276 g/mol. The highest BCUT2D eigenvalue weighted by atomic mass is 16.3. The minimum absolute atomic E-state index is 0.0963. The van der Waals surface area contributed by atoms with Crippen LogP contribution in [-0.4, -0.2) is 5.11 Å². The quantitative estimate of drug-likeness (QED) is 0.809. The van der Waals surface area contributed by atoms with Gasteiger partial charge in [0, 0.05) is 5.92 Å². The molecule has 0 bridgehead atoms. The second kappa shape index (κ2) is 5.34. The van der Waals surface area contributed by atoms with Crippen molar-refractivity contribution in [3.05, 3.63) is 89.5 Å². The fourth-order valence-electron chi connectivity index (χ4n) is 3.19. The Labute approximate surface area is 126 Å². The summed E-state index contributed by atoms with van der Waals surface area (Å²) in [7, 11) is 0. The summed E-state index contributed by atoms with van der Waals surface area (Å²) >= 11 is 0. The first-order valence-electron chi connectivity index (χ1n) is 7.41. The van der Waals surface area contributed by atoms with E-state index in [1.54, 1.807) is 0 Å². The van der Waals surface area contributed by atoms with Crippen molar-refractivity contribution < 1.29 is 5.11 Å². The molecule has 0 aliphatic heterocycles. The number of benzene rings is 2. The molecule has 1 N–H and O–H groups in total. The van der Waals surface area contributed by atoms with E-state index in [9.17, 15) is 5.11 Å². The van der Waals surface area contributed by atoms with E-state index in [0.717, 1.165) is 28.7 Å². The average Bonchev–Trinajstić information content (AvgIpc) is 2.55. The summed E-state index contributed by atoms with van der Waals surface area (Å²) in [5, 5.41) is 11.6. The first kappa shape index (κ1) is 13.8. The van der Waals surface area contributed by atoms with Crippen molar-refractivity contribution in [1.82, 2.24) is 0 Å². The van der Waals surface area contributed by atoms with Crippen molar-refractivity contribution in [1.29, 1.82) is 0 Å². The van der Waals surface area contributed by atoms with Crippen LogP contribution in [0.2, 0.25) is 0 Å². The van der Waals surface area contributed by atoms with Crippen LogP contribution >= 0.6 is 0 Å². The molecule has 2 atom stereocenters. The van der Waals surface area contributed by atoms with E-state index in [0.29, 0.717) is 0 Å². The molecule has 0 spiro atoms. The molecular weight excluding hydrogens is 256 g/mol. The highest BCUT2D eigenvalue weighted by Crippen LogP contribution is 2.48. The van der Waals surface area contributed by atoms with Crippen LogP contribution in [-0.2, 0) is 5.60 Å². The van der Waals surface area contributed by atoms with E-state index in [1.165, 1.54) is 0 Å². The van der Waals surface area contributed by atoms with E-state index in [4.69, 9.17) is 0 Å². The summed E-state index contributed by atoms with van der Waals surface area (Å²) in [5.74, 6) is -0.0963. The van der Waals surface area contributed by atoms with Gasteiger partial charge < -0.3 is 5.11 Å². The Bertz CT molecular complexity index is 684. The standard InChI is InChI=1S/C20H20O/c1-3-15(2)20(21)18-12-8-7-11-17(18)13-14-19(20)16-9-5-4-6-10-16/h4-14,19,21H,2-3H2,1H3. The first-order chi connectivity index (χ1) is 10.2. The molecule has 1 aliphatic rings. The van der Waals surface area contributed by atoms with E-state index in [-0.39, 0.29) is 5.92 Å². The SMILES string of the molecule is C=C(CC)C1(O)c2ccccc2C=CC1c1ccccc1. The zero-order valence-corrected chi connectivity index (χ0v) is 12.3. The maximum Gasteiger partial charge on any atom is 0.121 e. The summed E-state index contributed by atoms with van der Waals surface area (Å²) in [5.41, 5.74) is 2.95. The molecule has 0 aromatic heterocycles. The molecule has 0 heterocycles. The summed E-state index contributed by atoms with van der Waals surface area (Å²) in [6.45, 7) is 6.20. The minimum atomic E-state index is -1.04. The fourth-order valence-corrected chi connectivity index (χ4v) is 3.19. The molecule has 2 aromatic carbocycles. The zero-order chi connectivity index (χ0) is 14.9. The van der Waals surface area contributed by atoms with Crippen molar-refractivity contribution in [3.8, 4) is 0 Å². The van der Waals surface area contributed by atoms with Gasteiger partial charge in [0.25, 0.3) is 0 Å².